The summed E-state index contributed by atoms with van der Waals surface area (Å²) in [7, 11) is 0. The monoisotopic (exact) mass is 274 g/mol. The number of allylic oxidation sites excluding steroid dienone is 1. The molecule has 19 heavy (non-hydrogen) atoms. The third kappa shape index (κ3) is 1.54. The van der Waals surface area contributed by atoms with Crippen molar-refractivity contribution in [1.29, 1.82) is 0 Å². The van der Waals surface area contributed by atoms with Crippen LogP contribution in [0, 0.1) is 5.82 Å². The van der Waals surface area contributed by atoms with Gasteiger partial charge in [-0.25, -0.2) is 4.39 Å². The van der Waals surface area contributed by atoms with Crippen LogP contribution in [0.5, 0.6) is 0 Å². The predicted octanol–water partition coefficient (Wildman–Crippen LogP) is 3.68. The summed E-state index contributed by atoms with van der Waals surface area (Å²) in [6.07, 6.45) is 1.60. The summed E-state index contributed by atoms with van der Waals surface area (Å²) in [6, 6.07) is 4.90. The van der Waals surface area contributed by atoms with Gasteiger partial charge >= 0.3 is 0 Å². The summed E-state index contributed by atoms with van der Waals surface area (Å²) in [5.41, 5.74) is 2.54. The van der Waals surface area contributed by atoms with Gasteiger partial charge in [-0.05, 0) is 19.1 Å². The molecule has 2 aliphatic rings. The Bertz CT molecular complexity index is 747. The van der Waals surface area contributed by atoms with Crippen LogP contribution in [0.15, 0.2) is 38.8 Å². The number of hydrogen-bond acceptors (Lipinski definition) is 4. The molecular formula is C14H11FN2OS. The van der Waals surface area contributed by atoms with Crippen molar-refractivity contribution in [3.05, 3.63) is 40.7 Å². The van der Waals surface area contributed by atoms with Gasteiger partial charge in [0.2, 0.25) is 0 Å². The van der Waals surface area contributed by atoms with Crippen LogP contribution in [0.25, 0.3) is 16.7 Å². The van der Waals surface area contributed by atoms with Crippen LogP contribution in [0.2, 0.25) is 0 Å². The smallest absolute Gasteiger partial charge is 0.168 e. The zero-order chi connectivity index (χ0) is 13.0. The average Bonchev–Trinajstić information content (AvgIpc) is 3.02. The fourth-order valence-electron chi connectivity index (χ4n) is 2.67. The zero-order valence-corrected chi connectivity index (χ0v) is 11.1. The SMILES string of the molecule is CC1=C(c2cc(F)cc3occc23)N2CCN=C2S1. The van der Waals surface area contributed by atoms with E-state index in [0.29, 0.717) is 5.58 Å². The maximum absolute atomic E-state index is 13.8. The van der Waals surface area contributed by atoms with E-state index in [9.17, 15) is 4.39 Å². The third-order valence-electron chi connectivity index (χ3n) is 3.44. The second kappa shape index (κ2) is 3.87. The summed E-state index contributed by atoms with van der Waals surface area (Å²) in [4.78, 5) is 7.79. The van der Waals surface area contributed by atoms with Gasteiger partial charge in [0, 0.05) is 28.5 Å². The van der Waals surface area contributed by atoms with Crippen molar-refractivity contribution in [3.8, 4) is 0 Å². The van der Waals surface area contributed by atoms with Crippen molar-refractivity contribution in [2.24, 2.45) is 4.99 Å². The summed E-state index contributed by atoms with van der Waals surface area (Å²) in [5, 5.41) is 1.97. The van der Waals surface area contributed by atoms with Crippen LogP contribution in [-0.2, 0) is 0 Å². The molecule has 5 heteroatoms. The molecule has 0 aliphatic carbocycles. The van der Waals surface area contributed by atoms with Crippen molar-refractivity contribution < 1.29 is 8.81 Å². The van der Waals surface area contributed by atoms with Crippen molar-refractivity contribution >= 4 is 33.6 Å². The molecule has 0 saturated carbocycles. The third-order valence-corrected chi connectivity index (χ3v) is 4.47. The standard InChI is InChI=1S/C14H11FN2OS/c1-8-13(17-4-3-16-14(17)19-8)11-6-9(15)7-12-10(11)2-5-18-12/h2,5-7H,3-4H2,1H3. The second-order valence-electron chi connectivity index (χ2n) is 4.61. The maximum Gasteiger partial charge on any atom is 0.168 e. The minimum absolute atomic E-state index is 0.271. The minimum Gasteiger partial charge on any atom is -0.464 e. The van der Waals surface area contributed by atoms with Gasteiger partial charge in [-0.3, -0.25) is 4.99 Å². The molecule has 0 amide bonds. The van der Waals surface area contributed by atoms with E-state index in [1.54, 1.807) is 24.1 Å². The Kier molecular flexibility index (Phi) is 2.26. The number of benzene rings is 1. The first-order valence-corrected chi connectivity index (χ1v) is 6.93. The minimum atomic E-state index is -0.271. The molecule has 0 radical (unpaired) electrons. The average molecular weight is 274 g/mol. The lowest BCUT2D eigenvalue weighted by Gasteiger charge is -2.17. The lowest BCUT2D eigenvalue weighted by atomic mass is 10.1. The molecule has 1 aromatic heterocycles. The molecule has 0 unspecified atom stereocenters. The van der Waals surface area contributed by atoms with Gasteiger partial charge in [-0.2, -0.15) is 0 Å². The van der Waals surface area contributed by atoms with Crippen molar-refractivity contribution in [2.75, 3.05) is 13.1 Å². The van der Waals surface area contributed by atoms with Crippen LogP contribution in [0.1, 0.15) is 12.5 Å². The largest absolute Gasteiger partial charge is 0.464 e. The number of amidine groups is 1. The predicted molar refractivity (Wildman–Crippen MR) is 75.4 cm³/mol. The summed E-state index contributed by atoms with van der Waals surface area (Å²) in [5.74, 6) is -0.271. The fraction of sp³-hybridized carbons (Fsp3) is 0.214. The number of hydrogen-bond donors (Lipinski definition) is 0. The van der Waals surface area contributed by atoms with Gasteiger partial charge in [0.25, 0.3) is 0 Å². The maximum atomic E-state index is 13.8. The molecule has 96 valence electrons. The molecule has 2 aliphatic heterocycles. The van der Waals surface area contributed by atoms with Crippen LogP contribution in [0.4, 0.5) is 4.39 Å². The van der Waals surface area contributed by atoms with Crippen LogP contribution < -0.4 is 0 Å². The van der Waals surface area contributed by atoms with Crippen molar-refractivity contribution in [3.63, 3.8) is 0 Å². The van der Waals surface area contributed by atoms with Gasteiger partial charge in [-0.1, -0.05) is 11.8 Å². The molecule has 1 aromatic carbocycles. The number of thioether (sulfide) groups is 1. The molecule has 0 N–H and O–H groups in total. The molecule has 0 bridgehead atoms. The summed E-state index contributed by atoms with van der Waals surface area (Å²) < 4.78 is 19.1. The molecule has 2 aromatic rings. The van der Waals surface area contributed by atoms with Crippen molar-refractivity contribution in [1.82, 2.24) is 4.90 Å². The van der Waals surface area contributed by atoms with Gasteiger partial charge < -0.3 is 9.32 Å². The first kappa shape index (κ1) is 11.1. The van der Waals surface area contributed by atoms with Crippen LogP contribution in [-0.4, -0.2) is 23.2 Å². The number of rotatable bonds is 1. The normalized spacial score (nSPS) is 18.4. The van der Waals surface area contributed by atoms with E-state index in [1.807, 2.05) is 6.07 Å². The topological polar surface area (TPSA) is 28.7 Å². The van der Waals surface area contributed by atoms with E-state index in [0.717, 1.165) is 39.8 Å². The Hall–Kier alpha value is -1.75. The fourth-order valence-corrected chi connectivity index (χ4v) is 3.70. The Labute approximate surface area is 113 Å². The van der Waals surface area contributed by atoms with E-state index in [4.69, 9.17) is 4.42 Å². The Balaban J connectivity index is 1.97. The number of nitrogens with zero attached hydrogens (tertiary/aromatic N) is 2. The van der Waals surface area contributed by atoms with E-state index < -0.39 is 0 Å². The summed E-state index contributed by atoms with van der Waals surface area (Å²) in [6.45, 7) is 3.73. The molecular weight excluding hydrogens is 263 g/mol. The molecule has 0 fully saturated rings. The molecule has 3 heterocycles. The number of aliphatic imine (C=N–C) groups is 1. The second-order valence-corrected chi connectivity index (χ2v) is 5.79. The number of halogens is 1. The summed E-state index contributed by atoms with van der Waals surface area (Å²) >= 11 is 1.66. The van der Waals surface area contributed by atoms with E-state index >= 15 is 0 Å². The highest BCUT2D eigenvalue weighted by molar-refractivity contribution is 8.17. The van der Waals surface area contributed by atoms with Gasteiger partial charge in [0.05, 0.1) is 18.5 Å². The Morgan fingerprint density at radius 1 is 1.42 bits per heavy atom. The van der Waals surface area contributed by atoms with E-state index in [2.05, 4.69) is 16.8 Å². The molecule has 0 spiro atoms. The van der Waals surface area contributed by atoms with E-state index in [1.165, 1.54) is 6.07 Å². The number of fused-ring (bicyclic) bond motifs is 2. The lowest BCUT2D eigenvalue weighted by molar-refractivity contribution is 0.597. The highest BCUT2D eigenvalue weighted by Crippen LogP contribution is 2.43. The quantitative estimate of drug-likeness (QED) is 0.794. The highest BCUT2D eigenvalue weighted by Gasteiger charge is 2.32. The van der Waals surface area contributed by atoms with Gasteiger partial charge in [-0.15, -0.1) is 0 Å². The lowest BCUT2D eigenvalue weighted by Crippen LogP contribution is -2.20. The molecule has 0 saturated heterocycles. The Morgan fingerprint density at radius 2 is 2.32 bits per heavy atom. The van der Waals surface area contributed by atoms with Gasteiger partial charge in [0.1, 0.15) is 11.4 Å². The molecule has 3 nitrogen and oxygen atoms in total. The zero-order valence-electron chi connectivity index (χ0n) is 10.3. The Morgan fingerprint density at radius 3 is 3.21 bits per heavy atom. The highest BCUT2D eigenvalue weighted by atomic mass is 32.2. The van der Waals surface area contributed by atoms with Crippen LogP contribution in [0.3, 0.4) is 0 Å². The van der Waals surface area contributed by atoms with Gasteiger partial charge in [0.15, 0.2) is 5.17 Å². The van der Waals surface area contributed by atoms with Crippen molar-refractivity contribution in [2.45, 2.75) is 6.92 Å². The first-order valence-electron chi connectivity index (χ1n) is 6.12. The molecule has 4 rings (SSSR count). The molecule has 0 atom stereocenters. The first-order chi connectivity index (χ1) is 9.24. The number of furan rings is 1. The van der Waals surface area contributed by atoms with Crippen LogP contribution >= 0.6 is 11.8 Å². The van der Waals surface area contributed by atoms with E-state index in [-0.39, 0.29) is 5.82 Å².